The third-order valence-electron chi connectivity index (χ3n) is 5.29. The molecular formula is C21H21FN2O2. The van der Waals surface area contributed by atoms with Gasteiger partial charge < -0.3 is 4.74 Å². The van der Waals surface area contributed by atoms with Gasteiger partial charge in [0.25, 0.3) is 0 Å². The number of hydrazone groups is 1. The summed E-state index contributed by atoms with van der Waals surface area (Å²) >= 11 is 0. The van der Waals surface area contributed by atoms with Crippen molar-refractivity contribution in [2.75, 3.05) is 7.11 Å². The van der Waals surface area contributed by atoms with Crippen molar-refractivity contribution in [1.82, 2.24) is 5.01 Å². The number of benzene rings is 2. The van der Waals surface area contributed by atoms with Crippen molar-refractivity contribution in [1.29, 1.82) is 0 Å². The van der Waals surface area contributed by atoms with Gasteiger partial charge in [0.2, 0.25) is 5.91 Å². The Hall–Kier alpha value is -2.69. The van der Waals surface area contributed by atoms with Gasteiger partial charge in [-0.05, 0) is 54.3 Å². The van der Waals surface area contributed by atoms with E-state index in [-0.39, 0.29) is 23.7 Å². The van der Waals surface area contributed by atoms with Gasteiger partial charge in [-0.1, -0.05) is 19.1 Å². The molecule has 0 unspecified atom stereocenters. The molecule has 0 saturated heterocycles. The van der Waals surface area contributed by atoms with Crippen LogP contribution in [0.3, 0.4) is 0 Å². The lowest BCUT2D eigenvalue weighted by Crippen LogP contribution is -2.31. The fourth-order valence-corrected chi connectivity index (χ4v) is 3.99. The Balaban J connectivity index is 1.78. The maximum absolute atomic E-state index is 13.4. The van der Waals surface area contributed by atoms with Crippen LogP contribution in [0, 0.1) is 11.7 Å². The van der Waals surface area contributed by atoms with Crippen LogP contribution in [-0.2, 0) is 11.2 Å². The average molecular weight is 352 g/mol. The second-order valence-corrected chi connectivity index (χ2v) is 6.74. The molecule has 0 fully saturated rings. The molecule has 26 heavy (non-hydrogen) atoms. The molecule has 0 spiro atoms. The van der Waals surface area contributed by atoms with Gasteiger partial charge in [0.05, 0.1) is 18.9 Å². The van der Waals surface area contributed by atoms with E-state index in [1.807, 2.05) is 25.1 Å². The molecule has 0 radical (unpaired) electrons. The van der Waals surface area contributed by atoms with Gasteiger partial charge in [0, 0.05) is 17.9 Å². The first-order valence-electron chi connectivity index (χ1n) is 8.95. The van der Waals surface area contributed by atoms with E-state index in [0.717, 1.165) is 35.4 Å². The normalized spacial score (nSPS) is 21.0. The lowest BCUT2D eigenvalue weighted by Gasteiger charge is -2.29. The standard InChI is InChI=1S/C21H21FN2O2/c1-3-19(25)24-21(13-4-7-15(22)8-5-13)18-10-6-14-12-16(26-2)9-11-17(14)20(18)23-24/h4-5,7-9,11-12,18,21H,3,6,10H2,1-2H3/t18-,21-/m0/s1. The Morgan fingerprint density at radius 1 is 1.27 bits per heavy atom. The number of amides is 1. The Morgan fingerprint density at radius 3 is 2.73 bits per heavy atom. The molecule has 0 aromatic heterocycles. The van der Waals surface area contributed by atoms with E-state index in [2.05, 4.69) is 0 Å². The fraction of sp³-hybridized carbons (Fsp3) is 0.333. The number of hydrogen-bond donors (Lipinski definition) is 0. The predicted octanol–water partition coefficient (Wildman–Crippen LogP) is 4.09. The molecule has 4 nitrogen and oxygen atoms in total. The summed E-state index contributed by atoms with van der Waals surface area (Å²) in [5.41, 5.74) is 4.16. The SMILES string of the molecule is CCC(=O)N1N=C2c3ccc(OC)cc3CC[C@@H]2[C@@H]1c1ccc(F)cc1. The molecule has 0 bridgehead atoms. The van der Waals surface area contributed by atoms with E-state index in [0.29, 0.717) is 6.42 Å². The number of halogens is 1. The Labute approximate surface area is 152 Å². The van der Waals surface area contributed by atoms with Gasteiger partial charge >= 0.3 is 0 Å². The quantitative estimate of drug-likeness (QED) is 0.835. The maximum atomic E-state index is 13.4. The molecule has 1 aliphatic carbocycles. The maximum Gasteiger partial charge on any atom is 0.242 e. The molecule has 1 amide bonds. The van der Waals surface area contributed by atoms with Gasteiger partial charge in [-0.3, -0.25) is 4.79 Å². The third-order valence-corrected chi connectivity index (χ3v) is 5.29. The number of methoxy groups -OCH3 is 1. The lowest BCUT2D eigenvalue weighted by atomic mass is 9.77. The van der Waals surface area contributed by atoms with Crippen LogP contribution in [0.4, 0.5) is 4.39 Å². The molecule has 1 heterocycles. The van der Waals surface area contributed by atoms with Crippen LogP contribution in [0.1, 0.15) is 42.5 Å². The molecule has 2 aromatic carbocycles. The first kappa shape index (κ1) is 16.8. The first-order chi connectivity index (χ1) is 12.6. The topological polar surface area (TPSA) is 41.9 Å². The zero-order chi connectivity index (χ0) is 18.3. The van der Waals surface area contributed by atoms with Crippen LogP contribution in [0.15, 0.2) is 47.6 Å². The van der Waals surface area contributed by atoms with Gasteiger partial charge in [-0.15, -0.1) is 0 Å². The summed E-state index contributed by atoms with van der Waals surface area (Å²) in [6.07, 6.45) is 2.19. The molecular weight excluding hydrogens is 331 g/mol. The zero-order valence-corrected chi connectivity index (χ0v) is 14.9. The van der Waals surface area contributed by atoms with Gasteiger partial charge in [-0.25, -0.2) is 9.40 Å². The highest BCUT2D eigenvalue weighted by molar-refractivity contribution is 6.07. The molecule has 0 N–H and O–H groups in total. The summed E-state index contributed by atoms with van der Waals surface area (Å²) in [5, 5.41) is 6.33. The predicted molar refractivity (Wildman–Crippen MR) is 97.6 cm³/mol. The highest BCUT2D eigenvalue weighted by atomic mass is 19.1. The van der Waals surface area contributed by atoms with Gasteiger partial charge in [-0.2, -0.15) is 5.10 Å². The minimum atomic E-state index is -0.276. The number of aryl methyl sites for hydroxylation is 1. The van der Waals surface area contributed by atoms with E-state index >= 15 is 0 Å². The molecule has 2 atom stereocenters. The highest BCUT2D eigenvalue weighted by Crippen LogP contribution is 2.44. The molecule has 2 aromatic rings. The first-order valence-corrected chi connectivity index (χ1v) is 8.95. The smallest absolute Gasteiger partial charge is 0.242 e. The van der Waals surface area contributed by atoms with Crippen LogP contribution in [0.2, 0.25) is 0 Å². The molecule has 2 aliphatic rings. The minimum Gasteiger partial charge on any atom is -0.497 e. The van der Waals surface area contributed by atoms with Crippen LogP contribution in [-0.4, -0.2) is 23.7 Å². The van der Waals surface area contributed by atoms with E-state index in [1.165, 1.54) is 17.7 Å². The van der Waals surface area contributed by atoms with Crippen LogP contribution >= 0.6 is 0 Å². The number of ether oxygens (including phenoxy) is 1. The summed E-state index contributed by atoms with van der Waals surface area (Å²) in [4.78, 5) is 12.5. The van der Waals surface area contributed by atoms with Crippen LogP contribution in [0.25, 0.3) is 0 Å². The van der Waals surface area contributed by atoms with Crippen LogP contribution in [0.5, 0.6) is 5.75 Å². The lowest BCUT2D eigenvalue weighted by molar-refractivity contribution is -0.133. The molecule has 4 rings (SSSR count). The minimum absolute atomic E-state index is 0.0173. The number of carbonyl (C=O) groups is 1. The Morgan fingerprint density at radius 2 is 2.04 bits per heavy atom. The monoisotopic (exact) mass is 352 g/mol. The number of rotatable bonds is 3. The Kier molecular flexibility index (Phi) is 4.23. The average Bonchev–Trinajstić information content (AvgIpc) is 3.07. The summed E-state index contributed by atoms with van der Waals surface area (Å²) in [6, 6.07) is 12.3. The fourth-order valence-electron chi connectivity index (χ4n) is 3.99. The summed E-state index contributed by atoms with van der Waals surface area (Å²) in [7, 11) is 1.66. The summed E-state index contributed by atoms with van der Waals surface area (Å²) < 4.78 is 18.7. The van der Waals surface area contributed by atoms with E-state index in [9.17, 15) is 9.18 Å². The van der Waals surface area contributed by atoms with Crippen molar-refractivity contribution < 1.29 is 13.9 Å². The van der Waals surface area contributed by atoms with Crippen molar-refractivity contribution >= 4 is 11.6 Å². The van der Waals surface area contributed by atoms with Gasteiger partial charge in [0.1, 0.15) is 11.6 Å². The number of carbonyl (C=O) groups excluding carboxylic acids is 1. The number of nitrogens with zero attached hydrogens (tertiary/aromatic N) is 2. The van der Waals surface area contributed by atoms with Crippen molar-refractivity contribution in [3.05, 3.63) is 65.0 Å². The van der Waals surface area contributed by atoms with Crippen LogP contribution < -0.4 is 4.74 Å². The second kappa shape index (κ2) is 6.56. The molecule has 134 valence electrons. The summed E-state index contributed by atoms with van der Waals surface area (Å²) in [6.45, 7) is 1.84. The Bertz CT molecular complexity index is 876. The highest BCUT2D eigenvalue weighted by Gasteiger charge is 2.43. The van der Waals surface area contributed by atoms with Crippen molar-refractivity contribution in [3.8, 4) is 5.75 Å². The molecule has 0 saturated carbocycles. The molecule has 1 aliphatic heterocycles. The van der Waals surface area contributed by atoms with Gasteiger partial charge in [0.15, 0.2) is 0 Å². The van der Waals surface area contributed by atoms with Crippen molar-refractivity contribution in [3.63, 3.8) is 0 Å². The van der Waals surface area contributed by atoms with E-state index < -0.39 is 0 Å². The summed E-state index contributed by atoms with van der Waals surface area (Å²) in [5.74, 6) is 0.660. The van der Waals surface area contributed by atoms with E-state index in [1.54, 1.807) is 24.3 Å². The van der Waals surface area contributed by atoms with Crippen molar-refractivity contribution in [2.45, 2.75) is 32.2 Å². The third kappa shape index (κ3) is 2.68. The largest absolute Gasteiger partial charge is 0.497 e. The second-order valence-electron chi connectivity index (χ2n) is 6.74. The number of fused-ring (bicyclic) bond motifs is 3. The number of hydrogen-bond acceptors (Lipinski definition) is 3. The van der Waals surface area contributed by atoms with Crippen molar-refractivity contribution in [2.24, 2.45) is 11.0 Å². The molecule has 5 heteroatoms. The van der Waals surface area contributed by atoms with E-state index in [4.69, 9.17) is 9.84 Å². The zero-order valence-electron chi connectivity index (χ0n) is 14.9.